The Morgan fingerprint density at radius 1 is 1.08 bits per heavy atom. The molecule has 1 heterocycles. The van der Waals surface area contributed by atoms with Crippen molar-refractivity contribution in [2.24, 2.45) is 0 Å². The monoisotopic (exact) mass is 336 g/mol. The minimum Gasteiger partial charge on any atom is -0.508 e. The first-order valence-corrected chi connectivity index (χ1v) is 7.95. The molecule has 3 rings (SSSR count). The summed E-state index contributed by atoms with van der Waals surface area (Å²) < 4.78 is 5.25. The molecule has 0 amide bonds. The second kappa shape index (κ2) is 7.53. The second-order valence-corrected chi connectivity index (χ2v) is 5.57. The van der Waals surface area contributed by atoms with Gasteiger partial charge in [0.2, 0.25) is 5.95 Å². The molecule has 0 atom stereocenters. The van der Waals surface area contributed by atoms with Gasteiger partial charge in [0.1, 0.15) is 17.3 Å². The van der Waals surface area contributed by atoms with Gasteiger partial charge >= 0.3 is 0 Å². The van der Waals surface area contributed by atoms with Crippen molar-refractivity contribution >= 4 is 11.8 Å². The van der Waals surface area contributed by atoms with Crippen molar-refractivity contribution in [3.63, 3.8) is 0 Å². The molecule has 1 aromatic heterocycles. The molecule has 4 N–H and O–H groups in total. The van der Waals surface area contributed by atoms with Gasteiger partial charge in [0.25, 0.3) is 0 Å². The highest BCUT2D eigenvalue weighted by Gasteiger charge is 2.06. The van der Waals surface area contributed by atoms with Crippen molar-refractivity contribution in [3.8, 4) is 22.8 Å². The highest BCUT2D eigenvalue weighted by atomic mass is 16.5. The van der Waals surface area contributed by atoms with E-state index in [-0.39, 0.29) is 11.7 Å². The van der Waals surface area contributed by atoms with E-state index < -0.39 is 0 Å². The Balaban J connectivity index is 1.71. The fraction of sp³-hybridized carbons (Fsp3) is 0.158. The first kappa shape index (κ1) is 16.6. The minimum atomic E-state index is 0.215. The van der Waals surface area contributed by atoms with Crippen molar-refractivity contribution in [1.29, 1.82) is 0 Å². The topological polar surface area (TPSA) is 93.3 Å². The third-order valence-electron chi connectivity index (χ3n) is 3.77. The van der Waals surface area contributed by atoms with Gasteiger partial charge in [0.15, 0.2) is 0 Å². The number of nitrogen functional groups attached to an aromatic ring is 1. The van der Waals surface area contributed by atoms with Crippen LogP contribution in [0, 0.1) is 0 Å². The largest absolute Gasteiger partial charge is 0.508 e. The lowest BCUT2D eigenvalue weighted by Crippen LogP contribution is -2.08. The van der Waals surface area contributed by atoms with Gasteiger partial charge in [-0.2, -0.15) is 4.98 Å². The third-order valence-corrected chi connectivity index (χ3v) is 3.77. The van der Waals surface area contributed by atoms with Crippen LogP contribution in [0.25, 0.3) is 11.3 Å². The summed E-state index contributed by atoms with van der Waals surface area (Å²) in [6, 6.07) is 16.7. The molecule has 0 saturated heterocycles. The number of aromatic nitrogens is 2. The fourth-order valence-electron chi connectivity index (χ4n) is 2.48. The van der Waals surface area contributed by atoms with Gasteiger partial charge in [-0.25, -0.2) is 4.98 Å². The third kappa shape index (κ3) is 4.38. The van der Waals surface area contributed by atoms with Gasteiger partial charge in [-0.3, -0.25) is 0 Å². The van der Waals surface area contributed by atoms with Crippen LogP contribution >= 0.6 is 0 Å². The van der Waals surface area contributed by atoms with Crippen LogP contribution in [0.2, 0.25) is 0 Å². The van der Waals surface area contributed by atoms with Crippen molar-refractivity contribution < 1.29 is 9.84 Å². The Bertz CT molecular complexity index is 850. The molecule has 128 valence electrons. The van der Waals surface area contributed by atoms with E-state index >= 15 is 0 Å². The summed E-state index contributed by atoms with van der Waals surface area (Å²) in [6.45, 7) is 0.693. The lowest BCUT2D eigenvalue weighted by Gasteiger charge is -2.09. The molecule has 0 unspecified atom stereocenters. The number of anilines is 2. The van der Waals surface area contributed by atoms with Crippen molar-refractivity contribution in [2.75, 3.05) is 24.7 Å². The van der Waals surface area contributed by atoms with Crippen LogP contribution in [0.5, 0.6) is 11.5 Å². The molecule has 0 saturated carbocycles. The molecule has 0 radical (unpaired) electrons. The van der Waals surface area contributed by atoms with Gasteiger partial charge in [-0.05, 0) is 36.2 Å². The summed E-state index contributed by atoms with van der Waals surface area (Å²) in [5.41, 5.74) is 8.62. The van der Waals surface area contributed by atoms with Gasteiger partial charge in [0, 0.05) is 18.2 Å². The highest BCUT2D eigenvalue weighted by Crippen LogP contribution is 2.24. The number of aromatic hydroxyl groups is 1. The summed E-state index contributed by atoms with van der Waals surface area (Å²) in [7, 11) is 1.63. The number of benzene rings is 2. The van der Waals surface area contributed by atoms with Crippen LogP contribution < -0.4 is 15.8 Å². The molecule has 6 nitrogen and oxygen atoms in total. The van der Waals surface area contributed by atoms with Gasteiger partial charge in [0.05, 0.1) is 12.8 Å². The van der Waals surface area contributed by atoms with Crippen LogP contribution in [-0.2, 0) is 6.42 Å². The number of hydrogen-bond acceptors (Lipinski definition) is 6. The molecule has 3 aromatic rings. The van der Waals surface area contributed by atoms with Crippen molar-refractivity contribution in [3.05, 3.63) is 60.2 Å². The predicted octanol–water partition coefficient (Wildman–Crippen LogP) is 3.09. The lowest BCUT2D eigenvalue weighted by atomic mass is 10.1. The average Bonchev–Trinajstić information content (AvgIpc) is 2.63. The zero-order chi connectivity index (χ0) is 17.6. The zero-order valence-electron chi connectivity index (χ0n) is 13.9. The Morgan fingerprint density at radius 2 is 1.88 bits per heavy atom. The fourth-order valence-corrected chi connectivity index (χ4v) is 2.48. The molecule has 6 heteroatoms. The number of ether oxygens (including phenoxy) is 1. The van der Waals surface area contributed by atoms with E-state index in [0.29, 0.717) is 12.4 Å². The summed E-state index contributed by atoms with van der Waals surface area (Å²) >= 11 is 0. The van der Waals surface area contributed by atoms with E-state index in [1.165, 1.54) is 0 Å². The van der Waals surface area contributed by atoms with E-state index in [1.807, 2.05) is 42.5 Å². The van der Waals surface area contributed by atoms with Crippen LogP contribution in [0.15, 0.2) is 54.6 Å². The predicted molar refractivity (Wildman–Crippen MR) is 98.7 cm³/mol. The molecule has 0 aliphatic carbocycles. The van der Waals surface area contributed by atoms with Gasteiger partial charge in [-0.1, -0.05) is 24.3 Å². The van der Waals surface area contributed by atoms with Crippen LogP contribution in [0.3, 0.4) is 0 Å². The number of nitrogens with one attached hydrogen (secondary N) is 1. The molecule has 0 fully saturated rings. The molecule has 0 aliphatic heterocycles. The molecule has 2 aromatic carbocycles. The summed E-state index contributed by atoms with van der Waals surface area (Å²) in [5, 5.41) is 12.6. The maximum absolute atomic E-state index is 9.31. The zero-order valence-corrected chi connectivity index (χ0v) is 13.9. The number of nitrogens with two attached hydrogens (primary N) is 1. The average molecular weight is 336 g/mol. The molecular formula is C19H20N4O2. The van der Waals surface area contributed by atoms with E-state index in [2.05, 4.69) is 15.3 Å². The van der Waals surface area contributed by atoms with E-state index in [4.69, 9.17) is 10.5 Å². The number of phenols is 1. The number of rotatable bonds is 6. The molecule has 25 heavy (non-hydrogen) atoms. The molecule has 0 bridgehead atoms. The van der Waals surface area contributed by atoms with Crippen LogP contribution in [0.1, 0.15) is 5.56 Å². The normalized spacial score (nSPS) is 10.4. The smallest absolute Gasteiger partial charge is 0.222 e. The quantitative estimate of drug-likeness (QED) is 0.640. The molecule has 0 spiro atoms. The summed E-state index contributed by atoms with van der Waals surface area (Å²) in [5.74, 6) is 1.91. The minimum absolute atomic E-state index is 0.215. The van der Waals surface area contributed by atoms with Crippen LogP contribution in [0.4, 0.5) is 11.8 Å². The maximum atomic E-state index is 9.31. The van der Waals surface area contributed by atoms with E-state index in [1.54, 1.807) is 19.2 Å². The first-order valence-electron chi connectivity index (χ1n) is 7.95. The standard InChI is InChI=1S/C19H20N4O2/c1-25-16-4-2-3-14(11-16)17-12-18(23-19(20)22-17)21-10-9-13-5-7-15(24)8-6-13/h2-8,11-12,24H,9-10H2,1H3,(H3,20,21,22,23). The van der Waals surface area contributed by atoms with E-state index in [9.17, 15) is 5.11 Å². The van der Waals surface area contributed by atoms with Crippen molar-refractivity contribution in [2.45, 2.75) is 6.42 Å². The Morgan fingerprint density at radius 3 is 2.64 bits per heavy atom. The molecular weight excluding hydrogens is 316 g/mol. The van der Waals surface area contributed by atoms with E-state index in [0.717, 1.165) is 29.0 Å². The Kier molecular flexibility index (Phi) is 4.99. The maximum Gasteiger partial charge on any atom is 0.222 e. The number of hydrogen-bond donors (Lipinski definition) is 3. The Labute approximate surface area is 146 Å². The van der Waals surface area contributed by atoms with Crippen LogP contribution in [-0.4, -0.2) is 28.7 Å². The molecule has 0 aliphatic rings. The highest BCUT2D eigenvalue weighted by molar-refractivity contribution is 5.65. The van der Waals surface area contributed by atoms with Gasteiger partial charge < -0.3 is 20.9 Å². The van der Waals surface area contributed by atoms with Gasteiger partial charge in [-0.15, -0.1) is 0 Å². The lowest BCUT2D eigenvalue weighted by molar-refractivity contribution is 0.415. The second-order valence-electron chi connectivity index (χ2n) is 5.57. The number of nitrogens with zero attached hydrogens (tertiary/aromatic N) is 2. The summed E-state index contributed by atoms with van der Waals surface area (Å²) in [4.78, 5) is 8.53. The summed E-state index contributed by atoms with van der Waals surface area (Å²) in [6.07, 6.45) is 0.804. The SMILES string of the molecule is COc1cccc(-c2cc(NCCc3ccc(O)cc3)nc(N)n2)c1. The number of phenolic OH excluding ortho intramolecular Hbond substituents is 1. The van der Waals surface area contributed by atoms with Crippen molar-refractivity contribution in [1.82, 2.24) is 9.97 Å². The number of methoxy groups -OCH3 is 1. The first-order chi connectivity index (χ1) is 12.1. The Hall–Kier alpha value is -3.28.